The number of hydrogen-bond acceptors (Lipinski definition) is 5. The molecule has 1 heterocycles. The molecule has 2 amide bonds. The summed E-state index contributed by atoms with van der Waals surface area (Å²) in [5.74, 6) is -0.318. The van der Waals surface area contributed by atoms with E-state index in [1.54, 1.807) is 29.2 Å². The maximum absolute atomic E-state index is 13.3. The number of aliphatic hydroxyl groups is 1. The van der Waals surface area contributed by atoms with Gasteiger partial charge in [-0.1, -0.05) is 12.1 Å². The first-order valence-electron chi connectivity index (χ1n) is 10.7. The van der Waals surface area contributed by atoms with E-state index >= 15 is 0 Å². The Kier molecular flexibility index (Phi) is 6.32. The minimum Gasteiger partial charge on any atom is -0.504 e. The Morgan fingerprint density at radius 3 is 2.59 bits per heavy atom. The van der Waals surface area contributed by atoms with Crippen molar-refractivity contribution in [2.45, 2.75) is 31.4 Å². The van der Waals surface area contributed by atoms with Crippen molar-refractivity contribution in [3.05, 3.63) is 59.4 Å². The molecule has 0 aromatic heterocycles. The second-order valence-corrected chi connectivity index (χ2v) is 8.64. The SMILES string of the molecule is COc1ccc(C(=O)N2C[C@H]3C[C@H](O)[C@@H](NC(=O)Cc4cccc(F)c4)C[C@H]3C2)cc1O. The molecule has 1 aliphatic heterocycles. The smallest absolute Gasteiger partial charge is 0.254 e. The van der Waals surface area contributed by atoms with Gasteiger partial charge in [0.15, 0.2) is 11.5 Å². The molecule has 170 valence electrons. The summed E-state index contributed by atoms with van der Waals surface area (Å²) < 4.78 is 18.4. The zero-order chi connectivity index (χ0) is 22.8. The Morgan fingerprint density at radius 1 is 1.16 bits per heavy atom. The molecule has 7 nitrogen and oxygen atoms in total. The van der Waals surface area contributed by atoms with Crippen LogP contribution in [0.4, 0.5) is 4.39 Å². The number of methoxy groups -OCH3 is 1. The van der Waals surface area contributed by atoms with Gasteiger partial charge in [0.05, 0.1) is 25.7 Å². The van der Waals surface area contributed by atoms with Crippen molar-refractivity contribution in [3.63, 3.8) is 0 Å². The number of fused-ring (bicyclic) bond motifs is 1. The topological polar surface area (TPSA) is 99.1 Å². The Bertz CT molecular complexity index is 1010. The van der Waals surface area contributed by atoms with Crippen molar-refractivity contribution in [1.82, 2.24) is 10.2 Å². The van der Waals surface area contributed by atoms with Crippen molar-refractivity contribution < 1.29 is 28.9 Å². The molecule has 1 saturated carbocycles. The lowest BCUT2D eigenvalue weighted by Crippen LogP contribution is -2.49. The first-order chi connectivity index (χ1) is 15.3. The number of rotatable bonds is 5. The summed E-state index contributed by atoms with van der Waals surface area (Å²) in [6.45, 7) is 1.05. The largest absolute Gasteiger partial charge is 0.504 e. The van der Waals surface area contributed by atoms with Crippen LogP contribution in [-0.2, 0) is 11.2 Å². The van der Waals surface area contributed by atoms with Crippen LogP contribution in [0, 0.1) is 17.7 Å². The van der Waals surface area contributed by atoms with Gasteiger partial charge in [0.2, 0.25) is 5.91 Å². The van der Waals surface area contributed by atoms with Crippen LogP contribution in [0.3, 0.4) is 0 Å². The van der Waals surface area contributed by atoms with Gasteiger partial charge in [-0.3, -0.25) is 9.59 Å². The molecule has 2 aliphatic rings. The Morgan fingerprint density at radius 2 is 1.91 bits per heavy atom. The molecule has 2 aromatic carbocycles. The summed E-state index contributed by atoms with van der Waals surface area (Å²) in [6, 6.07) is 10.1. The van der Waals surface area contributed by atoms with E-state index in [-0.39, 0.29) is 35.8 Å². The molecule has 8 heteroatoms. The number of halogens is 1. The number of amides is 2. The molecule has 4 atom stereocenters. The average Bonchev–Trinajstić information content (AvgIpc) is 3.16. The molecule has 2 aromatic rings. The van der Waals surface area contributed by atoms with Crippen LogP contribution in [-0.4, -0.2) is 59.3 Å². The normalized spacial score (nSPS) is 24.7. The van der Waals surface area contributed by atoms with Crippen molar-refractivity contribution in [2.24, 2.45) is 11.8 Å². The number of aliphatic hydroxyl groups excluding tert-OH is 1. The quantitative estimate of drug-likeness (QED) is 0.659. The summed E-state index contributed by atoms with van der Waals surface area (Å²) in [6.07, 6.45) is 0.402. The number of nitrogens with one attached hydrogen (secondary N) is 1. The van der Waals surface area contributed by atoms with Crippen LogP contribution in [0.2, 0.25) is 0 Å². The first-order valence-corrected chi connectivity index (χ1v) is 10.7. The Labute approximate surface area is 185 Å². The highest BCUT2D eigenvalue weighted by Gasteiger charge is 2.43. The van der Waals surface area contributed by atoms with E-state index < -0.39 is 18.0 Å². The van der Waals surface area contributed by atoms with Crippen molar-refractivity contribution in [3.8, 4) is 11.5 Å². The van der Waals surface area contributed by atoms with Gasteiger partial charge >= 0.3 is 0 Å². The van der Waals surface area contributed by atoms with Crippen LogP contribution >= 0.6 is 0 Å². The molecular weight excluding hydrogens is 415 g/mol. The van der Waals surface area contributed by atoms with E-state index in [0.717, 1.165) is 0 Å². The van der Waals surface area contributed by atoms with E-state index in [4.69, 9.17) is 4.74 Å². The molecule has 1 saturated heterocycles. The molecule has 4 rings (SSSR count). The fourth-order valence-electron chi connectivity index (χ4n) is 4.85. The van der Waals surface area contributed by atoms with Gasteiger partial charge in [-0.2, -0.15) is 0 Å². The number of phenolic OH excluding ortho intramolecular Hbond substituents is 1. The molecule has 0 bridgehead atoms. The van der Waals surface area contributed by atoms with E-state index in [9.17, 15) is 24.2 Å². The molecule has 0 spiro atoms. The van der Waals surface area contributed by atoms with Gasteiger partial charge in [0, 0.05) is 18.7 Å². The van der Waals surface area contributed by atoms with Crippen LogP contribution < -0.4 is 10.1 Å². The predicted molar refractivity (Wildman–Crippen MR) is 115 cm³/mol. The van der Waals surface area contributed by atoms with Crippen LogP contribution in [0.15, 0.2) is 42.5 Å². The molecule has 0 unspecified atom stereocenters. The number of carbonyl (C=O) groups is 2. The third-order valence-electron chi connectivity index (χ3n) is 6.45. The number of benzene rings is 2. The number of hydrogen-bond donors (Lipinski definition) is 3. The number of phenols is 1. The second kappa shape index (κ2) is 9.16. The molecule has 2 fully saturated rings. The fourth-order valence-corrected chi connectivity index (χ4v) is 4.85. The highest BCUT2D eigenvalue weighted by Crippen LogP contribution is 2.37. The maximum Gasteiger partial charge on any atom is 0.254 e. The summed E-state index contributed by atoms with van der Waals surface area (Å²) >= 11 is 0. The minimum atomic E-state index is -0.701. The summed E-state index contributed by atoms with van der Waals surface area (Å²) in [4.78, 5) is 27.1. The second-order valence-electron chi connectivity index (χ2n) is 8.64. The minimum absolute atomic E-state index is 0.0423. The van der Waals surface area contributed by atoms with Crippen LogP contribution in [0.5, 0.6) is 11.5 Å². The lowest BCUT2D eigenvalue weighted by Gasteiger charge is -2.35. The summed E-state index contributed by atoms with van der Waals surface area (Å²) in [5.41, 5.74) is 0.952. The number of ether oxygens (including phenoxy) is 1. The number of aromatic hydroxyl groups is 1. The first kappa shape index (κ1) is 22.1. The number of nitrogens with zero attached hydrogens (tertiary/aromatic N) is 1. The Hall–Kier alpha value is -3.13. The summed E-state index contributed by atoms with van der Waals surface area (Å²) in [7, 11) is 1.44. The van der Waals surface area contributed by atoms with E-state index in [2.05, 4.69) is 5.32 Å². The van der Waals surface area contributed by atoms with Crippen LogP contribution in [0.1, 0.15) is 28.8 Å². The van der Waals surface area contributed by atoms with Gasteiger partial charge in [-0.25, -0.2) is 4.39 Å². The molecule has 1 aliphatic carbocycles. The zero-order valence-electron chi connectivity index (χ0n) is 17.8. The standard InChI is InChI=1S/C24H27FN2O5/c1-32-22-6-5-15(10-21(22)29)24(31)27-12-16-9-19(20(28)11-17(16)13-27)26-23(30)8-14-3-2-4-18(25)7-14/h2-7,10,16-17,19-20,28-29H,8-9,11-13H2,1H3,(H,26,30)/t16-,17+,19-,20-/m0/s1. The molecular formula is C24H27FN2O5. The Balaban J connectivity index is 1.36. The van der Waals surface area contributed by atoms with Crippen molar-refractivity contribution >= 4 is 11.8 Å². The van der Waals surface area contributed by atoms with E-state index in [1.807, 2.05) is 0 Å². The predicted octanol–water partition coefficient (Wildman–Crippen LogP) is 2.11. The highest BCUT2D eigenvalue weighted by molar-refractivity contribution is 5.95. The third-order valence-corrected chi connectivity index (χ3v) is 6.45. The molecule has 3 N–H and O–H groups in total. The van der Waals surface area contributed by atoms with Crippen LogP contribution in [0.25, 0.3) is 0 Å². The van der Waals surface area contributed by atoms with Crippen molar-refractivity contribution in [1.29, 1.82) is 0 Å². The lowest BCUT2D eigenvalue weighted by atomic mass is 9.77. The van der Waals surface area contributed by atoms with E-state index in [1.165, 1.54) is 25.3 Å². The molecule has 0 radical (unpaired) electrons. The highest BCUT2D eigenvalue weighted by atomic mass is 19.1. The number of carbonyl (C=O) groups excluding carboxylic acids is 2. The van der Waals surface area contributed by atoms with E-state index in [0.29, 0.717) is 42.8 Å². The fraction of sp³-hybridized carbons (Fsp3) is 0.417. The van der Waals surface area contributed by atoms with Gasteiger partial charge in [-0.15, -0.1) is 0 Å². The van der Waals surface area contributed by atoms with Gasteiger partial charge in [0.1, 0.15) is 5.82 Å². The summed E-state index contributed by atoms with van der Waals surface area (Å²) in [5, 5.41) is 23.4. The third kappa shape index (κ3) is 4.70. The van der Waals surface area contributed by atoms with Gasteiger partial charge in [0.25, 0.3) is 5.91 Å². The molecule has 32 heavy (non-hydrogen) atoms. The lowest BCUT2D eigenvalue weighted by molar-refractivity contribution is -0.122. The van der Waals surface area contributed by atoms with Gasteiger partial charge in [-0.05, 0) is 60.6 Å². The number of likely N-dealkylation sites (tertiary alicyclic amines) is 1. The average molecular weight is 442 g/mol. The monoisotopic (exact) mass is 442 g/mol. The van der Waals surface area contributed by atoms with Crippen molar-refractivity contribution in [2.75, 3.05) is 20.2 Å². The van der Waals surface area contributed by atoms with Gasteiger partial charge < -0.3 is 25.2 Å². The maximum atomic E-state index is 13.3. The zero-order valence-corrected chi connectivity index (χ0v) is 17.8.